The van der Waals surface area contributed by atoms with Crippen molar-refractivity contribution in [3.05, 3.63) is 57.8 Å². The second-order valence-electron chi connectivity index (χ2n) is 5.28. The number of rotatable bonds is 4. The fourth-order valence-corrected chi connectivity index (χ4v) is 3.67. The minimum atomic E-state index is 0.554. The van der Waals surface area contributed by atoms with Crippen molar-refractivity contribution in [3.63, 3.8) is 0 Å². The first-order chi connectivity index (χ1) is 9.43. The monoisotopic (exact) mass is 271 g/mol. The van der Waals surface area contributed by atoms with Crippen molar-refractivity contribution < 1.29 is 0 Å². The van der Waals surface area contributed by atoms with E-state index < -0.39 is 0 Å². The Hall–Kier alpha value is -1.12. The third-order valence-corrected chi connectivity index (χ3v) is 4.90. The molecule has 0 spiro atoms. The minimum absolute atomic E-state index is 0.554. The van der Waals surface area contributed by atoms with Crippen LogP contribution in [0.4, 0.5) is 0 Å². The molecule has 1 aromatic heterocycles. The zero-order valence-corrected chi connectivity index (χ0v) is 12.1. The Morgan fingerprint density at radius 2 is 2.05 bits per heavy atom. The SMILES string of the molecule is c1csc(CCNC2CCCCc3ccccc32)c1. The van der Waals surface area contributed by atoms with Gasteiger partial charge >= 0.3 is 0 Å². The zero-order valence-electron chi connectivity index (χ0n) is 11.3. The predicted molar refractivity (Wildman–Crippen MR) is 82.8 cm³/mol. The number of hydrogen-bond acceptors (Lipinski definition) is 2. The van der Waals surface area contributed by atoms with Gasteiger partial charge in [0.15, 0.2) is 0 Å². The number of hydrogen-bond donors (Lipinski definition) is 1. The molecule has 0 radical (unpaired) electrons. The lowest BCUT2D eigenvalue weighted by molar-refractivity contribution is 0.493. The van der Waals surface area contributed by atoms with Gasteiger partial charge in [0.1, 0.15) is 0 Å². The first-order valence-corrected chi connectivity index (χ1v) is 8.15. The topological polar surface area (TPSA) is 12.0 Å². The maximum absolute atomic E-state index is 3.76. The average Bonchev–Trinajstić information content (AvgIpc) is 2.87. The first kappa shape index (κ1) is 12.9. The van der Waals surface area contributed by atoms with E-state index in [0.29, 0.717) is 6.04 Å². The van der Waals surface area contributed by atoms with Gasteiger partial charge in [0.25, 0.3) is 0 Å². The third kappa shape index (κ3) is 3.26. The van der Waals surface area contributed by atoms with E-state index in [2.05, 4.69) is 47.1 Å². The summed E-state index contributed by atoms with van der Waals surface area (Å²) in [5.74, 6) is 0. The van der Waals surface area contributed by atoms with Crippen LogP contribution in [-0.2, 0) is 12.8 Å². The molecule has 1 aliphatic rings. The van der Waals surface area contributed by atoms with Crippen molar-refractivity contribution >= 4 is 11.3 Å². The summed E-state index contributed by atoms with van der Waals surface area (Å²) < 4.78 is 0. The molecule has 1 N–H and O–H groups in total. The minimum Gasteiger partial charge on any atom is -0.310 e. The van der Waals surface area contributed by atoms with Gasteiger partial charge in [-0.25, -0.2) is 0 Å². The maximum atomic E-state index is 3.76. The molecule has 19 heavy (non-hydrogen) atoms. The van der Waals surface area contributed by atoms with Gasteiger partial charge < -0.3 is 5.32 Å². The molecule has 0 bridgehead atoms. The highest BCUT2D eigenvalue weighted by Gasteiger charge is 2.17. The molecule has 0 saturated heterocycles. The summed E-state index contributed by atoms with van der Waals surface area (Å²) in [6.45, 7) is 1.08. The number of benzene rings is 1. The van der Waals surface area contributed by atoms with Gasteiger partial charge in [0.2, 0.25) is 0 Å². The van der Waals surface area contributed by atoms with Gasteiger partial charge in [-0.2, -0.15) is 0 Å². The smallest absolute Gasteiger partial charge is 0.0323 e. The highest BCUT2D eigenvalue weighted by molar-refractivity contribution is 7.09. The van der Waals surface area contributed by atoms with Crippen LogP contribution < -0.4 is 5.32 Å². The van der Waals surface area contributed by atoms with E-state index in [1.54, 1.807) is 5.56 Å². The van der Waals surface area contributed by atoms with E-state index in [4.69, 9.17) is 0 Å². The Bertz CT molecular complexity index is 504. The van der Waals surface area contributed by atoms with Gasteiger partial charge in [-0.1, -0.05) is 36.8 Å². The summed E-state index contributed by atoms with van der Waals surface area (Å²) in [6.07, 6.45) is 6.35. The second kappa shape index (κ2) is 6.36. The Morgan fingerprint density at radius 1 is 1.11 bits per heavy atom. The van der Waals surface area contributed by atoms with Crippen molar-refractivity contribution in [3.8, 4) is 0 Å². The van der Waals surface area contributed by atoms with Gasteiger partial charge in [0.05, 0.1) is 0 Å². The Morgan fingerprint density at radius 3 is 2.95 bits per heavy atom. The molecule has 2 aromatic rings. The summed E-state index contributed by atoms with van der Waals surface area (Å²) in [4.78, 5) is 1.48. The molecule has 1 atom stereocenters. The molecular formula is C17H21NS. The van der Waals surface area contributed by atoms with Gasteiger partial charge in [-0.05, 0) is 48.3 Å². The molecule has 1 nitrogen and oxygen atoms in total. The largest absolute Gasteiger partial charge is 0.310 e. The molecular weight excluding hydrogens is 250 g/mol. The van der Waals surface area contributed by atoms with Crippen LogP contribution >= 0.6 is 11.3 Å². The van der Waals surface area contributed by atoms with Crippen molar-refractivity contribution in [2.24, 2.45) is 0 Å². The number of aryl methyl sites for hydroxylation is 1. The molecule has 100 valence electrons. The molecule has 0 aliphatic heterocycles. The third-order valence-electron chi connectivity index (χ3n) is 3.96. The summed E-state index contributed by atoms with van der Waals surface area (Å²) >= 11 is 1.86. The molecule has 2 heteroatoms. The van der Waals surface area contributed by atoms with E-state index in [-0.39, 0.29) is 0 Å². The van der Waals surface area contributed by atoms with Crippen LogP contribution in [0.25, 0.3) is 0 Å². The van der Waals surface area contributed by atoms with Gasteiger partial charge in [0, 0.05) is 17.5 Å². The second-order valence-corrected chi connectivity index (χ2v) is 6.31. The van der Waals surface area contributed by atoms with E-state index in [9.17, 15) is 0 Å². The zero-order chi connectivity index (χ0) is 12.9. The van der Waals surface area contributed by atoms with Crippen LogP contribution in [0.2, 0.25) is 0 Å². The van der Waals surface area contributed by atoms with Crippen molar-refractivity contribution in [2.45, 2.75) is 38.1 Å². The van der Waals surface area contributed by atoms with Crippen LogP contribution in [0.15, 0.2) is 41.8 Å². The summed E-state index contributed by atoms with van der Waals surface area (Å²) in [5, 5.41) is 5.93. The highest BCUT2D eigenvalue weighted by atomic mass is 32.1. The van der Waals surface area contributed by atoms with E-state index in [0.717, 1.165) is 13.0 Å². The number of nitrogens with one attached hydrogen (secondary N) is 1. The first-order valence-electron chi connectivity index (χ1n) is 7.27. The average molecular weight is 271 g/mol. The van der Waals surface area contributed by atoms with E-state index >= 15 is 0 Å². The number of fused-ring (bicyclic) bond motifs is 1. The van der Waals surface area contributed by atoms with Crippen molar-refractivity contribution in [2.75, 3.05) is 6.54 Å². The molecule has 0 saturated carbocycles. The fraction of sp³-hybridized carbons (Fsp3) is 0.412. The van der Waals surface area contributed by atoms with Crippen LogP contribution in [0, 0.1) is 0 Å². The molecule has 0 fully saturated rings. The van der Waals surface area contributed by atoms with Crippen molar-refractivity contribution in [1.82, 2.24) is 5.32 Å². The normalized spacial score (nSPS) is 18.8. The predicted octanol–water partition coefficient (Wildman–Crippen LogP) is 4.35. The molecule has 3 rings (SSSR count). The molecule has 1 unspecified atom stereocenters. The lowest BCUT2D eigenvalue weighted by Gasteiger charge is -2.19. The van der Waals surface area contributed by atoms with Crippen LogP contribution in [0.3, 0.4) is 0 Å². The molecule has 1 aliphatic carbocycles. The van der Waals surface area contributed by atoms with Gasteiger partial charge in [-0.3, -0.25) is 0 Å². The van der Waals surface area contributed by atoms with Crippen LogP contribution in [-0.4, -0.2) is 6.54 Å². The fourth-order valence-electron chi connectivity index (χ4n) is 2.96. The Kier molecular flexibility index (Phi) is 4.31. The molecule has 1 heterocycles. The van der Waals surface area contributed by atoms with Gasteiger partial charge in [-0.15, -0.1) is 11.3 Å². The van der Waals surface area contributed by atoms with E-state index in [1.807, 2.05) is 11.3 Å². The van der Waals surface area contributed by atoms with Crippen molar-refractivity contribution in [1.29, 1.82) is 0 Å². The Labute approximate surface area is 119 Å². The van der Waals surface area contributed by atoms with Crippen LogP contribution in [0.5, 0.6) is 0 Å². The number of thiophene rings is 1. The molecule has 0 amide bonds. The standard InChI is InChI=1S/C17H21NS/c1-3-9-16-14(6-1)7-2-4-10-17(16)18-12-11-15-8-5-13-19-15/h1,3,5-6,8-9,13,17-18H,2,4,7,10-12H2. The maximum Gasteiger partial charge on any atom is 0.0323 e. The Balaban J connectivity index is 1.63. The summed E-state index contributed by atoms with van der Waals surface area (Å²) in [6, 6.07) is 13.9. The highest BCUT2D eigenvalue weighted by Crippen LogP contribution is 2.28. The lowest BCUT2D eigenvalue weighted by Crippen LogP contribution is -2.23. The van der Waals surface area contributed by atoms with E-state index in [1.165, 1.54) is 36.1 Å². The summed E-state index contributed by atoms with van der Waals surface area (Å²) in [5.41, 5.74) is 3.08. The quantitative estimate of drug-likeness (QED) is 0.815. The lowest BCUT2D eigenvalue weighted by atomic mass is 9.99. The summed E-state index contributed by atoms with van der Waals surface area (Å²) in [7, 11) is 0. The van der Waals surface area contributed by atoms with Crippen LogP contribution in [0.1, 0.15) is 41.3 Å². The molecule has 1 aromatic carbocycles.